The van der Waals surface area contributed by atoms with Crippen LogP contribution in [0.3, 0.4) is 0 Å². The molecule has 3 N–H and O–H groups in total. The zero-order chi connectivity index (χ0) is 22.8. The number of carbonyl (C=O) groups is 1. The van der Waals surface area contributed by atoms with Gasteiger partial charge in [0.15, 0.2) is 9.84 Å². The lowest BCUT2D eigenvalue weighted by Gasteiger charge is -2.35. The van der Waals surface area contributed by atoms with E-state index >= 15 is 0 Å². The van der Waals surface area contributed by atoms with Gasteiger partial charge >= 0.3 is 0 Å². The molecule has 1 aliphatic heterocycles. The van der Waals surface area contributed by atoms with Crippen LogP contribution in [0, 0.1) is 11.3 Å². The highest BCUT2D eigenvalue weighted by atomic mass is 32.2. The van der Waals surface area contributed by atoms with Crippen LogP contribution in [0.5, 0.6) is 0 Å². The van der Waals surface area contributed by atoms with Crippen LogP contribution in [-0.4, -0.2) is 43.2 Å². The van der Waals surface area contributed by atoms with Crippen LogP contribution in [0.25, 0.3) is 22.0 Å². The lowest BCUT2D eigenvalue weighted by molar-refractivity contribution is -0.120. The molecule has 1 spiro atoms. The molecular weight excluding hydrogens is 428 g/mol. The molecule has 1 aromatic carbocycles. The van der Waals surface area contributed by atoms with E-state index in [2.05, 4.69) is 9.88 Å². The summed E-state index contributed by atoms with van der Waals surface area (Å²) in [5.74, 6) is -0.239. The van der Waals surface area contributed by atoms with E-state index < -0.39 is 9.84 Å². The summed E-state index contributed by atoms with van der Waals surface area (Å²) in [5, 5.41) is 0.754. The summed E-state index contributed by atoms with van der Waals surface area (Å²) >= 11 is 0. The minimum Gasteiger partial charge on any atom is -0.371 e. The Labute approximate surface area is 185 Å². The van der Waals surface area contributed by atoms with Gasteiger partial charge in [-0.05, 0) is 48.9 Å². The van der Waals surface area contributed by atoms with Crippen molar-refractivity contribution in [2.24, 2.45) is 24.1 Å². The Hall–Kier alpha value is -3.07. The van der Waals surface area contributed by atoms with Gasteiger partial charge in [-0.3, -0.25) is 9.59 Å². The second-order valence-corrected chi connectivity index (χ2v) is 11.2. The largest absolute Gasteiger partial charge is 0.371 e. The van der Waals surface area contributed by atoms with Gasteiger partial charge in [0, 0.05) is 66.9 Å². The number of aromatic nitrogens is 2. The molecule has 0 bridgehead atoms. The number of rotatable bonds is 4. The van der Waals surface area contributed by atoms with E-state index in [0.29, 0.717) is 5.52 Å². The number of benzene rings is 1. The molecule has 1 atom stereocenters. The third-order valence-corrected chi connectivity index (χ3v) is 8.32. The smallest absolute Gasteiger partial charge is 0.274 e. The third kappa shape index (κ3) is 3.23. The van der Waals surface area contributed by atoms with Crippen molar-refractivity contribution in [3.05, 3.63) is 47.0 Å². The maximum absolute atomic E-state index is 12.5. The number of hydrogen-bond acceptors (Lipinski definition) is 5. The van der Waals surface area contributed by atoms with Gasteiger partial charge in [0.05, 0.1) is 4.90 Å². The van der Waals surface area contributed by atoms with Crippen LogP contribution in [0.4, 0.5) is 5.69 Å². The van der Waals surface area contributed by atoms with Crippen molar-refractivity contribution in [2.75, 3.05) is 24.2 Å². The zero-order valence-electron chi connectivity index (χ0n) is 18.1. The Morgan fingerprint density at radius 3 is 2.53 bits per heavy atom. The molecular formula is C23H26N4O4S. The van der Waals surface area contributed by atoms with E-state index in [1.807, 2.05) is 12.1 Å². The molecule has 8 nitrogen and oxygen atoms in total. The zero-order valence-corrected chi connectivity index (χ0v) is 18.9. The molecule has 5 rings (SSSR count). The molecule has 2 fully saturated rings. The predicted molar refractivity (Wildman–Crippen MR) is 123 cm³/mol. The number of aromatic amines is 1. The number of hydrogen-bond donors (Lipinski definition) is 2. The highest BCUT2D eigenvalue weighted by molar-refractivity contribution is 7.90. The summed E-state index contributed by atoms with van der Waals surface area (Å²) in [7, 11) is -1.72. The van der Waals surface area contributed by atoms with Crippen LogP contribution in [0.2, 0.25) is 0 Å². The number of piperidine rings is 1. The van der Waals surface area contributed by atoms with Crippen molar-refractivity contribution in [2.45, 2.75) is 24.2 Å². The number of nitrogens with zero attached hydrogens (tertiary/aromatic N) is 2. The van der Waals surface area contributed by atoms with Crippen LogP contribution >= 0.6 is 0 Å². The number of fused-ring (bicyclic) bond motifs is 1. The summed E-state index contributed by atoms with van der Waals surface area (Å²) in [4.78, 5) is 29.7. The Morgan fingerprint density at radius 2 is 1.91 bits per heavy atom. The number of anilines is 1. The first-order chi connectivity index (χ1) is 15.1. The fourth-order valence-electron chi connectivity index (χ4n) is 5.22. The normalized spacial score (nSPS) is 20.1. The fourth-order valence-corrected chi connectivity index (χ4v) is 5.86. The first-order valence-electron chi connectivity index (χ1n) is 10.7. The van der Waals surface area contributed by atoms with E-state index in [9.17, 15) is 18.0 Å². The molecule has 9 heteroatoms. The second kappa shape index (κ2) is 6.96. The average Bonchev–Trinajstić information content (AvgIpc) is 3.22. The van der Waals surface area contributed by atoms with Gasteiger partial charge in [0.2, 0.25) is 5.91 Å². The van der Waals surface area contributed by atoms with Gasteiger partial charge < -0.3 is 20.2 Å². The minimum absolute atomic E-state index is 0.0275. The van der Waals surface area contributed by atoms with Crippen molar-refractivity contribution >= 4 is 32.3 Å². The van der Waals surface area contributed by atoms with E-state index in [4.69, 9.17) is 5.73 Å². The number of aryl methyl sites for hydroxylation is 1. The van der Waals surface area contributed by atoms with Crippen molar-refractivity contribution in [1.29, 1.82) is 0 Å². The maximum atomic E-state index is 12.5. The van der Waals surface area contributed by atoms with E-state index in [1.165, 1.54) is 10.8 Å². The first kappa shape index (κ1) is 20.8. The fraction of sp³-hybridized carbons (Fsp3) is 0.391. The number of sulfone groups is 1. The second-order valence-electron chi connectivity index (χ2n) is 9.18. The van der Waals surface area contributed by atoms with Gasteiger partial charge in [0.1, 0.15) is 5.52 Å². The Bertz CT molecular complexity index is 1410. The quantitative estimate of drug-likeness (QED) is 0.625. The Balaban J connectivity index is 1.61. The molecule has 1 amide bonds. The van der Waals surface area contributed by atoms with Gasteiger partial charge in [-0.25, -0.2) is 8.42 Å². The lowest BCUT2D eigenvalue weighted by Crippen LogP contribution is -2.36. The number of nitrogens with one attached hydrogen (secondary N) is 1. The Kier molecular flexibility index (Phi) is 4.53. The van der Waals surface area contributed by atoms with Crippen molar-refractivity contribution in [3.8, 4) is 11.1 Å². The molecule has 1 unspecified atom stereocenters. The summed E-state index contributed by atoms with van der Waals surface area (Å²) in [6.45, 7) is 1.52. The van der Waals surface area contributed by atoms with Crippen molar-refractivity contribution in [1.82, 2.24) is 9.55 Å². The number of nitrogens with two attached hydrogens (primary N) is 1. The van der Waals surface area contributed by atoms with Gasteiger partial charge in [-0.15, -0.1) is 0 Å². The maximum Gasteiger partial charge on any atom is 0.274 e. The summed E-state index contributed by atoms with van der Waals surface area (Å²) < 4.78 is 26.1. The number of primary amides is 1. The van der Waals surface area contributed by atoms with Gasteiger partial charge in [-0.2, -0.15) is 0 Å². The molecule has 2 aromatic heterocycles. The standard InChI is InChI=1S/C23H26N4O4S/c1-26-13-17(15-5-8-25-20(15)22(26)29)16-11-14(32(2,30)31)3-4-19(16)27-9-6-23(7-10-27)12-18(23)21(24)28/h3-5,8,11,13,18,25H,6-7,9-10,12H2,1-2H3,(H2,24,28). The summed E-state index contributed by atoms with van der Waals surface area (Å²) in [6, 6.07) is 7.03. The summed E-state index contributed by atoms with van der Waals surface area (Å²) in [6.07, 6.45) is 7.29. The van der Waals surface area contributed by atoms with Crippen molar-refractivity contribution in [3.63, 3.8) is 0 Å². The highest BCUT2D eigenvalue weighted by Crippen LogP contribution is 2.59. The van der Waals surface area contributed by atoms with E-state index in [0.717, 1.165) is 54.6 Å². The Morgan fingerprint density at radius 1 is 1.19 bits per heavy atom. The van der Waals surface area contributed by atoms with E-state index in [-0.39, 0.29) is 27.7 Å². The van der Waals surface area contributed by atoms with Crippen LogP contribution in [0.15, 0.2) is 46.3 Å². The molecule has 32 heavy (non-hydrogen) atoms. The predicted octanol–water partition coefficient (Wildman–Crippen LogP) is 2.03. The van der Waals surface area contributed by atoms with Crippen LogP contribution < -0.4 is 16.2 Å². The van der Waals surface area contributed by atoms with E-state index in [1.54, 1.807) is 31.6 Å². The minimum atomic E-state index is -3.41. The molecule has 168 valence electrons. The van der Waals surface area contributed by atoms with Crippen LogP contribution in [-0.2, 0) is 21.7 Å². The topological polar surface area (TPSA) is 118 Å². The molecule has 1 saturated carbocycles. The first-order valence-corrected chi connectivity index (χ1v) is 12.6. The molecule has 2 aliphatic rings. The monoisotopic (exact) mass is 454 g/mol. The molecule has 0 radical (unpaired) electrons. The lowest BCUT2D eigenvalue weighted by atomic mass is 9.89. The molecule has 3 heterocycles. The highest BCUT2D eigenvalue weighted by Gasteiger charge is 2.57. The van der Waals surface area contributed by atoms with Gasteiger partial charge in [-0.1, -0.05) is 0 Å². The third-order valence-electron chi connectivity index (χ3n) is 7.21. The number of pyridine rings is 1. The van der Waals surface area contributed by atoms with Crippen molar-refractivity contribution < 1.29 is 13.2 Å². The van der Waals surface area contributed by atoms with Gasteiger partial charge in [0.25, 0.3) is 5.56 Å². The number of carbonyl (C=O) groups excluding carboxylic acids is 1. The van der Waals surface area contributed by atoms with Crippen LogP contribution in [0.1, 0.15) is 19.3 Å². The molecule has 3 aromatic rings. The average molecular weight is 455 g/mol. The summed E-state index contributed by atoms with van der Waals surface area (Å²) in [5.41, 5.74) is 8.40. The number of amides is 1. The molecule has 1 aliphatic carbocycles. The SMILES string of the molecule is Cn1cc(-c2cc(S(C)(=O)=O)ccc2N2CCC3(CC2)CC3C(N)=O)c2cc[nH]c2c1=O. The molecule has 1 saturated heterocycles. The number of H-pyrrole nitrogens is 1.